The zero-order chi connectivity index (χ0) is 16.8. The molecule has 4 atom stereocenters. The summed E-state index contributed by atoms with van der Waals surface area (Å²) < 4.78 is 0. The fourth-order valence-corrected chi connectivity index (χ4v) is 4.18. The number of hydrogen-bond acceptors (Lipinski definition) is 3. The molecule has 2 heterocycles. The molecule has 4 unspecified atom stereocenters. The molecule has 5 rings (SSSR count). The number of hydrazine groups is 1. The van der Waals surface area contributed by atoms with Gasteiger partial charge in [0.1, 0.15) is 18.5 Å². The van der Waals surface area contributed by atoms with Gasteiger partial charge < -0.3 is 0 Å². The summed E-state index contributed by atoms with van der Waals surface area (Å²) in [5, 5.41) is 5.00. The summed E-state index contributed by atoms with van der Waals surface area (Å²) in [4.78, 5) is 2.46. The average Bonchev–Trinajstić information content (AvgIpc) is 3.31. The maximum atomic E-state index is 2.50. The molecule has 124 valence electrons. The van der Waals surface area contributed by atoms with Gasteiger partial charge in [-0.05, 0) is 23.7 Å². The van der Waals surface area contributed by atoms with Gasteiger partial charge in [0.2, 0.25) is 0 Å². The maximum Gasteiger partial charge on any atom is 0.119 e. The highest BCUT2D eigenvalue weighted by Crippen LogP contribution is 2.60. The highest BCUT2D eigenvalue weighted by atomic mass is 16.0. The normalized spacial score (nSPS) is 30.8. The Labute approximate surface area is 148 Å². The largest absolute Gasteiger partial charge is 0.265 e. The van der Waals surface area contributed by atoms with E-state index in [2.05, 4.69) is 113 Å². The first-order valence-corrected chi connectivity index (χ1v) is 8.79. The summed E-state index contributed by atoms with van der Waals surface area (Å²) in [6.07, 6.45) is 0.862. The van der Waals surface area contributed by atoms with Crippen LogP contribution in [0.25, 0.3) is 0 Å². The standard InChI is InChI=1S/C22H21N3/c1-23-20(17-11-5-2-6-12-17)24-22(19-15-9-4-10-16-19)25(24)21(23)18-13-7-3-8-14-18/h2-16,20-22H,1H3. The van der Waals surface area contributed by atoms with Crippen molar-refractivity contribution in [1.82, 2.24) is 14.9 Å². The minimum absolute atomic E-state index is 0.261. The van der Waals surface area contributed by atoms with Crippen LogP contribution in [0.5, 0.6) is 0 Å². The molecule has 2 aliphatic heterocycles. The number of rotatable bonds is 3. The van der Waals surface area contributed by atoms with E-state index in [0.29, 0.717) is 6.17 Å². The van der Waals surface area contributed by atoms with Crippen molar-refractivity contribution in [2.75, 3.05) is 7.05 Å². The van der Waals surface area contributed by atoms with E-state index in [4.69, 9.17) is 0 Å². The zero-order valence-electron chi connectivity index (χ0n) is 14.2. The van der Waals surface area contributed by atoms with Crippen molar-refractivity contribution in [3.8, 4) is 0 Å². The predicted molar refractivity (Wildman–Crippen MR) is 99.0 cm³/mol. The van der Waals surface area contributed by atoms with Crippen LogP contribution in [0.1, 0.15) is 35.2 Å². The van der Waals surface area contributed by atoms with E-state index in [1.165, 1.54) is 16.7 Å². The summed E-state index contributed by atoms with van der Waals surface area (Å²) in [6, 6.07) is 32.4. The van der Waals surface area contributed by atoms with Gasteiger partial charge in [-0.25, -0.2) is 0 Å². The first-order valence-electron chi connectivity index (χ1n) is 8.79. The first kappa shape index (κ1) is 14.8. The molecule has 0 aromatic heterocycles. The van der Waals surface area contributed by atoms with Crippen molar-refractivity contribution < 1.29 is 0 Å². The van der Waals surface area contributed by atoms with Crippen molar-refractivity contribution in [2.24, 2.45) is 0 Å². The van der Waals surface area contributed by atoms with E-state index in [0.717, 1.165) is 0 Å². The van der Waals surface area contributed by atoms with Crippen LogP contribution in [0.2, 0.25) is 0 Å². The van der Waals surface area contributed by atoms with Crippen molar-refractivity contribution >= 4 is 0 Å². The second kappa shape index (κ2) is 5.81. The van der Waals surface area contributed by atoms with E-state index < -0.39 is 0 Å². The van der Waals surface area contributed by atoms with Crippen LogP contribution in [0, 0.1) is 0 Å². The molecule has 25 heavy (non-hydrogen) atoms. The van der Waals surface area contributed by atoms with Gasteiger partial charge >= 0.3 is 0 Å². The lowest BCUT2D eigenvalue weighted by atomic mass is 10.1. The molecule has 3 nitrogen and oxygen atoms in total. The van der Waals surface area contributed by atoms with E-state index in [9.17, 15) is 0 Å². The fraction of sp³-hybridized carbons (Fsp3) is 0.182. The number of nitrogens with zero attached hydrogens (tertiary/aromatic N) is 3. The lowest BCUT2D eigenvalue weighted by molar-refractivity contribution is 0.144. The summed E-state index contributed by atoms with van der Waals surface area (Å²) in [5.41, 5.74) is 4.04. The molecule has 0 N–H and O–H groups in total. The molecule has 3 aromatic rings. The Morgan fingerprint density at radius 1 is 0.480 bits per heavy atom. The van der Waals surface area contributed by atoms with Gasteiger partial charge in [0, 0.05) is 0 Å². The molecule has 0 spiro atoms. The molecule has 0 bridgehead atoms. The van der Waals surface area contributed by atoms with Crippen molar-refractivity contribution in [2.45, 2.75) is 18.5 Å². The van der Waals surface area contributed by atoms with Crippen LogP contribution < -0.4 is 0 Å². The average molecular weight is 327 g/mol. The number of hydrogen-bond donors (Lipinski definition) is 0. The molecule has 2 saturated heterocycles. The van der Waals surface area contributed by atoms with Crippen LogP contribution >= 0.6 is 0 Å². The number of fused-ring (bicyclic) bond motifs is 1. The minimum Gasteiger partial charge on any atom is -0.265 e. The Hall–Kier alpha value is -2.46. The Kier molecular flexibility index (Phi) is 3.45. The van der Waals surface area contributed by atoms with Gasteiger partial charge in [0.25, 0.3) is 0 Å². The van der Waals surface area contributed by atoms with Gasteiger partial charge in [-0.15, -0.1) is 0 Å². The van der Waals surface area contributed by atoms with Crippen LogP contribution in [0.4, 0.5) is 0 Å². The highest BCUT2D eigenvalue weighted by Gasteiger charge is 2.62. The second-order valence-corrected chi connectivity index (χ2v) is 6.78. The Bertz CT molecular complexity index is 797. The monoisotopic (exact) mass is 327 g/mol. The summed E-state index contributed by atoms with van der Waals surface area (Å²) >= 11 is 0. The minimum atomic E-state index is 0.261. The smallest absolute Gasteiger partial charge is 0.119 e. The predicted octanol–water partition coefficient (Wildman–Crippen LogP) is 4.56. The Morgan fingerprint density at radius 3 is 1.16 bits per heavy atom. The van der Waals surface area contributed by atoms with Gasteiger partial charge in [-0.1, -0.05) is 91.0 Å². The molecule has 3 heteroatoms. The summed E-state index contributed by atoms with van der Waals surface area (Å²) in [6.45, 7) is 0. The molecule has 0 radical (unpaired) electrons. The van der Waals surface area contributed by atoms with Crippen LogP contribution in [0.3, 0.4) is 0 Å². The Morgan fingerprint density at radius 2 is 0.800 bits per heavy atom. The topological polar surface area (TPSA) is 9.26 Å². The zero-order valence-corrected chi connectivity index (χ0v) is 14.2. The van der Waals surface area contributed by atoms with Crippen LogP contribution in [0.15, 0.2) is 91.0 Å². The number of benzene rings is 3. The fourth-order valence-electron chi connectivity index (χ4n) is 4.18. The van der Waals surface area contributed by atoms with Crippen molar-refractivity contribution in [3.05, 3.63) is 108 Å². The lowest BCUT2D eigenvalue weighted by Crippen LogP contribution is -2.29. The van der Waals surface area contributed by atoms with Gasteiger partial charge in [0.15, 0.2) is 0 Å². The summed E-state index contributed by atoms with van der Waals surface area (Å²) in [7, 11) is 2.23. The molecule has 3 aromatic carbocycles. The molecular formula is C22H21N3. The highest BCUT2D eigenvalue weighted by molar-refractivity contribution is 5.31. The van der Waals surface area contributed by atoms with Crippen LogP contribution in [-0.2, 0) is 0 Å². The third-order valence-corrected chi connectivity index (χ3v) is 5.28. The quantitative estimate of drug-likeness (QED) is 0.653. The summed E-state index contributed by atoms with van der Waals surface area (Å²) in [5.74, 6) is 0. The van der Waals surface area contributed by atoms with E-state index in [-0.39, 0.29) is 12.3 Å². The molecule has 2 aliphatic rings. The third-order valence-electron chi connectivity index (χ3n) is 5.28. The molecule has 0 aliphatic carbocycles. The van der Waals surface area contributed by atoms with Crippen molar-refractivity contribution in [3.63, 3.8) is 0 Å². The van der Waals surface area contributed by atoms with Crippen LogP contribution in [-0.4, -0.2) is 22.0 Å². The Balaban J connectivity index is 1.57. The molecule has 0 amide bonds. The van der Waals surface area contributed by atoms with E-state index >= 15 is 0 Å². The first-order chi connectivity index (χ1) is 12.4. The van der Waals surface area contributed by atoms with Gasteiger partial charge in [-0.2, -0.15) is 10.0 Å². The maximum absolute atomic E-state index is 2.50. The van der Waals surface area contributed by atoms with Gasteiger partial charge in [0.05, 0.1) is 0 Å². The SMILES string of the molecule is CN1C(c2ccccc2)N2C(c3ccccc3)N2C1c1ccccc1. The molecule has 0 saturated carbocycles. The lowest BCUT2D eigenvalue weighted by Gasteiger charge is -2.30. The third kappa shape index (κ3) is 2.32. The molecule has 2 fully saturated rings. The second-order valence-electron chi connectivity index (χ2n) is 6.78. The van der Waals surface area contributed by atoms with Crippen molar-refractivity contribution in [1.29, 1.82) is 0 Å². The van der Waals surface area contributed by atoms with E-state index in [1.54, 1.807) is 0 Å². The molecular weight excluding hydrogens is 306 g/mol. The van der Waals surface area contributed by atoms with Gasteiger partial charge in [-0.3, -0.25) is 4.90 Å². The van der Waals surface area contributed by atoms with E-state index in [1.807, 2.05) is 0 Å².